The van der Waals surface area contributed by atoms with Gasteiger partial charge in [0.1, 0.15) is 0 Å². The molecule has 0 saturated heterocycles. The molecule has 0 aliphatic heterocycles. The van der Waals surface area contributed by atoms with Gasteiger partial charge in [-0.2, -0.15) is 0 Å². The van der Waals surface area contributed by atoms with Gasteiger partial charge in [0.05, 0.1) is 0 Å². The fourth-order valence-electron chi connectivity index (χ4n) is 9.58. The summed E-state index contributed by atoms with van der Waals surface area (Å²) in [5.41, 5.74) is 7.44. The van der Waals surface area contributed by atoms with Crippen LogP contribution in [-0.2, 0) is 0 Å². The normalized spacial score (nSPS) is 54.1. The van der Waals surface area contributed by atoms with Gasteiger partial charge in [-0.3, -0.25) is 4.99 Å². The second-order valence-electron chi connectivity index (χ2n) is 11.9. The largest absolute Gasteiger partial charge is 0.370 e. The number of guanidine groups is 1. The molecule has 0 unspecified atom stereocenters. The van der Waals surface area contributed by atoms with Crippen LogP contribution in [0.5, 0.6) is 0 Å². The van der Waals surface area contributed by atoms with Crippen LogP contribution in [0.3, 0.4) is 0 Å². The van der Waals surface area contributed by atoms with Gasteiger partial charge in [0.2, 0.25) is 0 Å². The first kappa shape index (κ1) is 16.2. The molecule has 0 atom stereocenters. The zero-order valence-electron chi connectivity index (χ0n) is 16.4. The van der Waals surface area contributed by atoms with Crippen molar-refractivity contribution in [3.8, 4) is 0 Å². The van der Waals surface area contributed by atoms with Gasteiger partial charge in [0.15, 0.2) is 5.96 Å². The van der Waals surface area contributed by atoms with Crippen LogP contribution in [0.1, 0.15) is 77.0 Å². The molecule has 8 fully saturated rings. The van der Waals surface area contributed by atoms with Crippen LogP contribution in [-0.4, -0.2) is 19.0 Å². The zero-order chi connectivity index (χ0) is 17.4. The van der Waals surface area contributed by atoms with Crippen molar-refractivity contribution in [1.82, 2.24) is 5.32 Å². The van der Waals surface area contributed by atoms with Gasteiger partial charge in [-0.15, -0.1) is 0 Å². The monoisotopic (exact) mass is 355 g/mol. The molecule has 26 heavy (non-hydrogen) atoms. The van der Waals surface area contributed by atoms with E-state index in [2.05, 4.69) is 5.32 Å². The van der Waals surface area contributed by atoms with Gasteiger partial charge in [0, 0.05) is 13.1 Å². The summed E-state index contributed by atoms with van der Waals surface area (Å²) in [4.78, 5) is 4.91. The SMILES string of the molecule is NC(=NCC12CC3CC(CC(C3)C1)C2)NCC12CC3CC(CC(C3)C1)C2. The number of hydrogen-bond donors (Lipinski definition) is 2. The minimum Gasteiger partial charge on any atom is -0.370 e. The third-order valence-corrected chi connectivity index (χ3v) is 9.56. The van der Waals surface area contributed by atoms with Crippen LogP contribution >= 0.6 is 0 Å². The first-order chi connectivity index (χ1) is 12.6. The molecule has 3 N–H and O–H groups in total. The molecular weight excluding hydrogens is 318 g/mol. The Morgan fingerprint density at radius 1 is 0.692 bits per heavy atom. The molecule has 0 amide bonds. The molecule has 0 radical (unpaired) electrons. The molecule has 8 saturated carbocycles. The lowest BCUT2D eigenvalue weighted by molar-refractivity contribution is -0.0494. The highest BCUT2D eigenvalue weighted by molar-refractivity contribution is 5.77. The van der Waals surface area contributed by atoms with Gasteiger partial charge in [0.25, 0.3) is 0 Å². The first-order valence-corrected chi connectivity index (χ1v) is 11.6. The molecule has 8 bridgehead atoms. The van der Waals surface area contributed by atoms with Crippen LogP contribution in [0.4, 0.5) is 0 Å². The Morgan fingerprint density at radius 3 is 1.50 bits per heavy atom. The van der Waals surface area contributed by atoms with E-state index in [1.807, 2.05) is 0 Å². The molecule has 144 valence electrons. The molecule has 0 spiro atoms. The Morgan fingerprint density at radius 2 is 1.08 bits per heavy atom. The molecule has 0 aromatic rings. The van der Waals surface area contributed by atoms with Crippen molar-refractivity contribution >= 4 is 5.96 Å². The van der Waals surface area contributed by atoms with Crippen molar-refractivity contribution in [2.24, 2.45) is 57.1 Å². The average molecular weight is 356 g/mol. The van der Waals surface area contributed by atoms with Crippen molar-refractivity contribution in [3.63, 3.8) is 0 Å². The van der Waals surface area contributed by atoms with E-state index in [0.29, 0.717) is 10.8 Å². The quantitative estimate of drug-likeness (QED) is 0.583. The Hall–Kier alpha value is -0.730. The fraction of sp³-hybridized carbons (Fsp3) is 0.957. The maximum Gasteiger partial charge on any atom is 0.188 e. The summed E-state index contributed by atoms with van der Waals surface area (Å²) in [6, 6.07) is 0. The summed E-state index contributed by atoms with van der Waals surface area (Å²) < 4.78 is 0. The van der Waals surface area contributed by atoms with Crippen LogP contribution in [0.25, 0.3) is 0 Å². The Bertz CT molecular complexity index is 536. The van der Waals surface area contributed by atoms with E-state index in [-0.39, 0.29) is 0 Å². The highest BCUT2D eigenvalue weighted by atomic mass is 15.1. The smallest absolute Gasteiger partial charge is 0.188 e. The van der Waals surface area contributed by atoms with E-state index in [0.717, 1.165) is 54.6 Å². The number of nitrogens with one attached hydrogen (secondary N) is 1. The molecule has 8 aliphatic rings. The minimum absolute atomic E-state index is 0.516. The molecule has 0 heterocycles. The predicted molar refractivity (Wildman–Crippen MR) is 106 cm³/mol. The Kier molecular flexibility index (Phi) is 3.52. The van der Waals surface area contributed by atoms with E-state index < -0.39 is 0 Å². The van der Waals surface area contributed by atoms with E-state index >= 15 is 0 Å². The summed E-state index contributed by atoms with van der Waals surface area (Å²) in [5, 5.41) is 3.60. The number of aliphatic imine (C=N–C) groups is 1. The van der Waals surface area contributed by atoms with Gasteiger partial charge in [-0.05, 0) is 123 Å². The number of hydrogen-bond acceptors (Lipinski definition) is 1. The highest BCUT2D eigenvalue weighted by Crippen LogP contribution is 2.61. The van der Waals surface area contributed by atoms with E-state index in [9.17, 15) is 0 Å². The van der Waals surface area contributed by atoms with E-state index in [1.165, 1.54) is 77.0 Å². The maximum absolute atomic E-state index is 6.37. The lowest BCUT2D eigenvalue weighted by Crippen LogP contribution is -2.52. The number of nitrogens with zero attached hydrogens (tertiary/aromatic N) is 1. The lowest BCUT2D eigenvalue weighted by Gasteiger charge is -2.57. The van der Waals surface area contributed by atoms with E-state index in [1.54, 1.807) is 0 Å². The van der Waals surface area contributed by atoms with Crippen LogP contribution < -0.4 is 11.1 Å². The maximum atomic E-state index is 6.37. The van der Waals surface area contributed by atoms with Crippen molar-refractivity contribution in [1.29, 1.82) is 0 Å². The fourth-order valence-corrected chi connectivity index (χ4v) is 9.58. The van der Waals surface area contributed by atoms with E-state index in [4.69, 9.17) is 10.7 Å². The van der Waals surface area contributed by atoms with Crippen molar-refractivity contribution in [2.45, 2.75) is 77.0 Å². The van der Waals surface area contributed by atoms with Crippen molar-refractivity contribution in [2.75, 3.05) is 13.1 Å². The molecule has 0 aromatic heterocycles. The lowest BCUT2D eigenvalue weighted by atomic mass is 9.49. The molecule has 8 rings (SSSR count). The molecule has 3 nitrogen and oxygen atoms in total. The van der Waals surface area contributed by atoms with Gasteiger partial charge in [-0.1, -0.05) is 0 Å². The van der Waals surface area contributed by atoms with Crippen molar-refractivity contribution in [3.05, 3.63) is 0 Å². The first-order valence-electron chi connectivity index (χ1n) is 11.6. The van der Waals surface area contributed by atoms with Gasteiger partial charge < -0.3 is 11.1 Å². The van der Waals surface area contributed by atoms with Crippen LogP contribution in [0.15, 0.2) is 4.99 Å². The molecule has 8 aliphatic carbocycles. The third kappa shape index (κ3) is 2.71. The zero-order valence-corrected chi connectivity index (χ0v) is 16.4. The topological polar surface area (TPSA) is 50.4 Å². The van der Waals surface area contributed by atoms with Crippen LogP contribution in [0, 0.1) is 46.3 Å². The summed E-state index contributed by atoms with van der Waals surface area (Å²) in [7, 11) is 0. The second-order valence-corrected chi connectivity index (χ2v) is 11.9. The molecular formula is C23H37N3. The second kappa shape index (κ2) is 5.64. The third-order valence-electron chi connectivity index (χ3n) is 9.56. The summed E-state index contributed by atoms with van der Waals surface area (Å²) >= 11 is 0. The van der Waals surface area contributed by atoms with Crippen LogP contribution in [0.2, 0.25) is 0 Å². The van der Waals surface area contributed by atoms with Gasteiger partial charge in [-0.25, -0.2) is 0 Å². The Balaban J connectivity index is 1.09. The standard InChI is InChI=1S/C23H37N3/c24-21(25-13-22-7-15-1-16(8-22)3-17(2-15)9-22)26-14-23-10-18-4-19(11-23)6-20(5-18)12-23/h15-20H,1-14H2,(H3,24,25,26). The number of rotatable bonds is 4. The van der Waals surface area contributed by atoms with Crippen molar-refractivity contribution < 1.29 is 0 Å². The summed E-state index contributed by atoms with van der Waals surface area (Å²) in [5.74, 6) is 6.85. The highest BCUT2D eigenvalue weighted by Gasteiger charge is 2.52. The summed E-state index contributed by atoms with van der Waals surface area (Å²) in [6.07, 6.45) is 17.8. The predicted octanol–water partition coefficient (Wildman–Crippen LogP) is 4.32. The van der Waals surface area contributed by atoms with Gasteiger partial charge >= 0.3 is 0 Å². The Labute approximate surface area is 159 Å². The minimum atomic E-state index is 0.516. The average Bonchev–Trinajstić information content (AvgIpc) is 2.56. The molecule has 0 aromatic carbocycles. The summed E-state index contributed by atoms with van der Waals surface area (Å²) in [6.45, 7) is 2.09. The number of nitrogens with two attached hydrogens (primary N) is 1. The molecule has 3 heteroatoms.